The van der Waals surface area contributed by atoms with Crippen LogP contribution in [0.15, 0.2) is 47.4 Å². The summed E-state index contributed by atoms with van der Waals surface area (Å²) in [6.07, 6.45) is 1.70. The number of amides is 1. The van der Waals surface area contributed by atoms with E-state index >= 15 is 0 Å². The van der Waals surface area contributed by atoms with Gasteiger partial charge in [-0.2, -0.15) is 0 Å². The standard InChI is InChI=1S/C18H20ClN3O3S/c1-22(2)17-9-6-13(19)11-16(17)20-18(23)12-4-3-5-15(10-12)26(24,25)21-14-7-8-14/h3-6,9-11,14,21H,7-8H2,1-2H3,(H,20,23). The van der Waals surface area contributed by atoms with Crippen molar-refractivity contribution in [2.45, 2.75) is 23.8 Å². The largest absolute Gasteiger partial charge is 0.376 e. The van der Waals surface area contributed by atoms with E-state index in [1.54, 1.807) is 30.3 Å². The molecule has 138 valence electrons. The van der Waals surface area contributed by atoms with Gasteiger partial charge in [-0.3, -0.25) is 4.79 Å². The summed E-state index contributed by atoms with van der Waals surface area (Å²) in [5.41, 5.74) is 1.60. The molecule has 0 unspecified atom stereocenters. The minimum absolute atomic E-state index is 0.00610. The number of benzene rings is 2. The summed E-state index contributed by atoms with van der Waals surface area (Å²) < 4.78 is 27.3. The number of sulfonamides is 1. The molecule has 1 aliphatic rings. The molecular weight excluding hydrogens is 374 g/mol. The molecule has 0 radical (unpaired) electrons. The second-order valence-corrected chi connectivity index (χ2v) is 8.58. The van der Waals surface area contributed by atoms with Gasteiger partial charge in [-0.25, -0.2) is 13.1 Å². The van der Waals surface area contributed by atoms with Crippen molar-refractivity contribution in [1.29, 1.82) is 0 Å². The molecule has 1 fully saturated rings. The fourth-order valence-corrected chi connectivity index (χ4v) is 4.01. The Balaban J connectivity index is 1.85. The highest BCUT2D eigenvalue weighted by atomic mass is 35.5. The summed E-state index contributed by atoms with van der Waals surface area (Å²) >= 11 is 6.03. The Labute approximate surface area is 158 Å². The molecule has 0 spiro atoms. The molecule has 2 aromatic rings. The zero-order valence-corrected chi connectivity index (χ0v) is 16.1. The second-order valence-electron chi connectivity index (χ2n) is 6.43. The second kappa shape index (κ2) is 7.26. The molecule has 2 aromatic carbocycles. The predicted octanol–water partition coefficient (Wildman–Crippen LogP) is 3.10. The number of anilines is 2. The lowest BCUT2D eigenvalue weighted by atomic mass is 10.2. The molecule has 2 N–H and O–H groups in total. The summed E-state index contributed by atoms with van der Waals surface area (Å²) in [5, 5.41) is 3.30. The number of rotatable bonds is 6. The Morgan fingerprint density at radius 2 is 1.88 bits per heavy atom. The number of hydrogen-bond acceptors (Lipinski definition) is 4. The third-order valence-corrected chi connectivity index (χ3v) is 5.75. The highest BCUT2D eigenvalue weighted by Gasteiger charge is 2.28. The summed E-state index contributed by atoms with van der Waals surface area (Å²) in [5.74, 6) is -0.404. The molecule has 0 saturated heterocycles. The van der Waals surface area contributed by atoms with Crippen LogP contribution in [0.5, 0.6) is 0 Å². The average molecular weight is 394 g/mol. The Morgan fingerprint density at radius 1 is 1.15 bits per heavy atom. The van der Waals surface area contributed by atoms with E-state index in [9.17, 15) is 13.2 Å². The number of nitrogens with zero attached hydrogens (tertiary/aromatic N) is 1. The Kier molecular flexibility index (Phi) is 5.22. The van der Waals surface area contributed by atoms with Gasteiger partial charge in [-0.15, -0.1) is 0 Å². The van der Waals surface area contributed by atoms with Gasteiger partial charge >= 0.3 is 0 Å². The van der Waals surface area contributed by atoms with E-state index in [1.165, 1.54) is 12.1 Å². The van der Waals surface area contributed by atoms with E-state index in [4.69, 9.17) is 11.6 Å². The Morgan fingerprint density at radius 3 is 2.54 bits per heavy atom. The fourth-order valence-electron chi connectivity index (χ4n) is 2.49. The van der Waals surface area contributed by atoms with E-state index in [0.717, 1.165) is 18.5 Å². The van der Waals surface area contributed by atoms with Gasteiger partial charge in [0.2, 0.25) is 10.0 Å². The van der Waals surface area contributed by atoms with Crippen molar-refractivity contribution in [3.05, 3.63) is 53.1 Å². The van der Waals surface area contributed by atoms with Crippen LogP contribution in [0.25, 0.3) is 0 Å². The van der Waals surface area contributed by atoms with Gasteiger partial charge in [0.25, 0.3) is 5.91 Å². The predicted molar refractivity (Wildman–Crippen MR) is 104 cm³/mol. The average Bonchev–Trinajstić information content (AvgIpc) is 3.38. The first kappa shape index (κ1) is 18.7. The highest BCUT2D eigenvalue weighted by Crippen LogP contribution is 2.28. The zero-order valence-electron chi connectivity index (χ0n) is 14.5. The normalized spacial score (nSPS) is 14.1. The zero-order chi connectivity index (χ0) is 18.9. The first-order valence-electron chi connectivity index (χ1n) is 8.17. The van der Waals surface area contributed by atoms with Crippen LogP contribution in [-0.4, -0.2) is 34.5 Å². The lowest BCUT2D eigenvalue weighted by Crippen LogP contribution is -2.26. The van der Waals surface area contributed by atoms with Crippen LogP contribution in [-0.2, 0) is 10.0 Å². The van der Waals surface area contributed by atoms with Crippen molar-refractivity contribution in [3.8, 4) is 0 Å². The summed E-state index contributed by atoms with van der Waals surface area (Å²) in [4.78, 5) is 14.6. The topological polar surface area (TPSA) is 78.5 Å². The van der Waals surface area contributed by atoms with E-state index in [-0.39, 0.29) is 16.5 Å². The van der Waals surface area contributed by atoms with Crippen LogP contribution >= 0.6 is 11.6 Å². The summed E-state index contributed by atoms with van der Waals surface area (Å²) in [7, 11) is 0.1000. The van der Waals surface area contributed by atoms with Gasteiger partial charge in [-0.1, -0.05) is 17.7 Å². The van der Waals surface area contributed by atoms with Crippen LogP contribution in [0.3, 0.4) is 0 Å². The number of nitrogens with one attached hydrogen (secondary N) is 2. The Hall–Kier alpha value is -2.09. The van der Waals surface area contributed by atoms with Crippen LogP contribution in [0.1, 0.15) is 23.2 Å². The van der Waals surface area contributed by atoms with Gasteiger partial charge in [0, 0.05) is 30.7 Å². The third-order valence-electron chi connectivity index (χ3n) is 3.99. The SMILES string of the molecule is CN(C)c1ccc(Cl)cc1NC(=O)c1cccc(S(=O)(=O)NC2CC2)c1. The van der Waals surface area contributed by atoms with Crippen molar-refractivity contribution in [2.75, 3.05) is 24.3 Å². The molecule has 0 atom stereocenters. The summed E-state index contributed by atoms with van der Waals surface area (Å²) in [6.45, 7) is 0. The number of halogens is 1. The monoisotopic (exact) mass is 393 g/mol. The van der Waals surface area contributed by atoms with E-state index < -0.39 is 15.9 Å². The first-order valence-corrected chi connectivity index (χ1v) is 10.0. The fraction of sp³-hybridized carbons (Fsp3) is 0.278. The number of carbonyl (C=O) groups is 1. The van der Waals surface area contributed by atoms with Gasteiger partial charge in [0.1, 0.15) is 0 Å². The molecule has 3 rings (SSSR count). The number of hydrogen-bond donors (Lipinski definition) is 2. The van der Waals surface area contributed by atoms with Crippen LogP contribution in [0, 0.1) is 0 Å². The van der Waals surface area contributed by atoms with E-state index in [1.807, 2.05) is 19.0 Å². The quantitative estimate of drug-likeness (QED) is 0.790. The van der Waals surface area contributed by atoms with Gasteiger partial charge in [0.05, 0.1) is 16.3 Å². The number of carbonyl (C=O) groups excluding carboxylic acids is 1. The van der Waals surface area contributed by atoms with Crippen LogP contribution < -0.4 is 14.9 Å². The smallest absolute Gasteiger partial charge is 0.255 e. The van der Waals surface area contributed by atoms with Crippen molar-refractivity contribution in [2.24, 2.45) is 0 Å². The lowest BCUT2D eigenvalue weighted by molar-refractivity contribution is 0.102. The molecule has 0 aromatic heterocycles. The van der Waals surface area contributed by atoms with Crippen molar-refractivity contribution in [3.63, 3.8) is 0 Å². The maximum atomic E-state index is 12.6. The van der Waals surface area contributed by atoms with Crippen molar-refractivity contribution >= 4 is 38.9 Å². The van der Waals surface area contributed by atoms with E-state index in [2.05, 4.69) is 10.0 Å². The lowest BCUT2D eigenvalue weighted by Gasteiger charge is -2.18. The molecule has 0 heterocycles. The van der Waals surface area contributed by atoms with Crippen LogP contribution in [0.2, 0.25) is 5.02 Å². The third kappa shape index (κ3) is 4.35. The maximum Gasteiger partial charge on any atom is 0.255 e. The van der Waals surface area contributed by atoms with Gasteiger partial charge in [-0.05, 0) is 49.2 Å². The maximum absolute atomic E-state index is 12.6. The highest BCUT2D eigenvalue weighted by molar-refractivity contribution is 7.89. The molecule has 8 heteroatoms. The summed E-state index contributed by atoms with van der Waals surface area (Å²) in [6, 6.07) is 11.2. The van der Waals surface area contributed by atoms with Gasteiger partial charge in [0.15, 0.2) is 0 Å². The molecule has 1 saturated carbocycles. The van der Waals surface area contributed by atoms with Crippen LogP contribution in [0.4, 0.5) is 11.4 Å². The molecule has 0 aliphatic heterocycles. The van der Waals surface area contributed by atoms with Gasteiger partial charge < -0.3 is 10.2 Å². The first-order chi connectivity index (χ1) is 12.3. The van der Waals surface area contributed by atoms with Crippen molar-refractivity contribution < 1.29 is 13.2 Å². The molecule has 26 heavy (non-hydrogen) atoms. The molecule has 1 amide bonds. The minimum atomic E-state index is -3.61. The molecular formula is C18H20ClN3O3S. The van der Waals surface area contributed by atoms with Crippen molar-refractivity contribution in [1.82, 2.24) is 4.72 Å². The van der Waals surface area contributed by atoms with E-state index in [0.29, 0.717) is 10.7 Å². The molecule has 1 aliphatic carbocycles. The molecule has 0 bridgehead atoms. The minimum Gasteiger partial charge on any atom is -0.376 e. The molecule has 6 nitrogen and oxygen atoms in total. The Bertz CT molecular complexity index is 940.